The molecule has 1 aliphatic heterocycles. The Labute approximate surface area is 115 Å². The summed E-state index contributed by atoms with van der Waals surface area (Å²) in [5.74, 6) is 0.507. The van der Waals surface area contributed by atoms with Crippen molar-refractivity contribution in [3.8, 4) is 0 Å². The fourth-order valence-corrected chi connectivity index (χ4v) is 3.46. The molecular weight excluding hydrogens is 262 g/mol. The lowest BCUT2D eigenvalue weighted by molar-refractivity contribution is -0.127. The molecule has 1 amide bonds. The number of nitrogens with zero attached hydrogens (tertiary/aromatic N) is 2. The SMILES string of the molecule is O=C(CSc1nc2c(c(=O)[nH]1)CCC2)N1CCCC1. The summed E-state index contributed by atoms with van der Waals surface area (Å²) in [4.78, 5) is 32.9. The fraction of sp³-hybridized carbons (Fsp3) is 0.615. The molecule has 0 radical (unpaired) electrons. The molecule has 3 rings (SSSR count). The van der Waals surface area contributed by atoms with Crippen LogP contribution < -0.4 is 5.56 Å². The van der Waals surface area contributed by atoms with Gasteiger partial charge in [0, 0.05) is 18.7 Å². The number of carbonyl (C=O) groups is 1. The lowest BCUT2D eigenvalue weighted by Crippen LogP contribution is -2.29. The minimum Gasteiger partial charge on any atom is -0.342 e. The number of aromatic nitrogens is 2. The van der Waals surface area contributed by atoms with Crippen molar-refractivity contribution in [2.24, 2.45) is 0 Å². The third-order valence-electron chi connectivity index (χ3n) is 3.71. The van der Waals surface area contributed by atoms with Crippen molar-refractivity contribution in [3.63, 3.8) is 0 Å². The Morgan fingerprint density at radius 2 is 2.05 bits per heavy atom. The van der Waals surface area contributed by atoms with Gasteiger partial charge in [0.05, 0.1) is 11.4 Å². The molecule has 2 heterocycles. The van der Waals surface area contributed by atoms with Crippen molar-refractivity contribution in [3.05, 3.63) is 21.6 Å². The van der Waals surface area contributed by atoms with Crippen LogP contribution in [0.1, 0.15) is 30.5 Å². The molecule has 0 atom stereocenters. The van der Waals surface area contributed by atoms with Crippen LogP contribution in [0.5, 0.6) is 0 Å². The van der Waals surface area contributed by atoms with Gasteiger partial charge in [-0.1, -0.05) is 11.8 Å². The van der Waals surface area contributed by atoms with E-state index >= 15 is 0 Å². The van der Waals surface area contributed by atoms with Crippen LogP contribution in [-0.4, -0.2) is 39.6 Å². The minimum atomic E-state index is -0.0291. The van der Waals surface area contributed by atoms with Gasteiger partial charge >= 0.3 is 0 Å². The van der Waals surface area contributed by atoms with Gasteiger partial charge in [0.15, 0.2) is 5.16 Å². The highest BCUT2D eigenvalue weighted by atomic mass is 32.2. The maximum absolute atomic E-state index is 11.9. The van der Waals surface area contributed by atoms with E-state index in [1.807, 2.05) is 4.90 Å². The van der Waals surface area contributed by atoms with Crippen LogP contribution in [0.25, 0.3) is 0 Å². The van der Waals surface area contributed by atoms with Crippen molar-refractivity contribution < 1.29 is 4.79 Å². The van der Waals surface area contributed by atoms with Crippen LogP contribution >= 0.6 is 11.8 Å². The van der Waals surface area contributed by atoms with E-state index in [-0.39, 0.29) is 11.5 Å². The Hall–Kier alpha value is -1.30. The lowest BCUT2D eigenvalue weighted by Gasteiger charge is -2.14. The third kappa shape index (κ3) is 2.68. The van der Waals surface area contributed by atoms with Crippen molar-refractivity contribution in [1.29, 1.82) is 0 Å². The van der Waals surface area contributed by atoms with Gasteiger partial charge in [-0.3, -0.25) is 9.59 Å². The quantitative estimate of drug-likeness (QED) is 0.661. The maximum Gasteiger partial charge on any atom is 0.254 e. The van der Waals surface area contributed by atoms with E-state index in [4.69, 9.17) is 0 Å². The van der Waals surface area contributed by atoms with E-state index in [2.05, 4.69) is 9.97 Å². The lowest BCUT2D eigenvalue weighted by atomic mass is 10.3. The molecule has 6 heteroatoms. The van der Waals surface area contributed by atoms with E-state index in [0.29, 0.717) is 10.9 Å². The first-order valence-corrected chi connectivity index (χ1v) is 7.75. The first-order chi connectivity index (χ1) is 9.24. The fourth-order valence-electron chi connectivity index (χ4n) is 2.68. The van der Waals surface area contributed by atoms with E-state index in [0.717, 1.165) is 56.5 Å². The van der Waals surface area contributed by atoms with E-state index in [1.165, 1.54) is 11.8 Å². The van der Waals surface area contributed by atoms with Crippen LogP contribution in [0.4, 0.5) is 0 Å². The summed E-state index contributed by atoms with van der Waals surface area (Å²) in [7, 11) is 0. The number of amides is 1. The standard InChI is InChI=1S/C13H17N3O2S/c17-11(16-6-1-2-7-16)8-19-13-14-10-5-3-4-9(10)12(18)15-13/h1-8H2,(H,14,15,18). The summed E-state index contributed by atoms with van der Waals surface area (Å²) in [6.45, 7) is 1.74. The van der Waals surface area contributed by atoms with Gasteiger partial charge in [-0.05, 0) is 32.1 Å². The molecule has 0 spiro atoms. The summed E-state index contributed by atoms with van der Waals surface area (Å²) in [6.07, 6.45) is 4.92. The molecule has 102 valence electrons. The van der Waals surface area contributed by atoms with Crippen LogP contribution in [0, 0.1) is 0 Å². The molecule has 1 fully saturated rings. The zero-order chi connectivity index (χ0) is 13.2. The first kappa shape index (κ1) is 12.7. The smallest absolute Gasteiger partial charge is 0.254 e. The highest BCUT2D eigenvalue weighted by molar-refractivity contribution is 7.99. The molecule has 0 aromatic carbocycles. The zero-order valence-corrected chi connectivity index (χ0v) is 11.6. The van der Waals surface area contributed by atoms with Gasteiger partial charge in [0.1, 0.15) is 0 Å². The molecule has 1 aromatic rings. The Kier molecular flexibility index (Phi) is 3.59. The van der Waals surface area contributed by atoms with Gasteiger partial charge in [0.25, 0.3) is 5.56 Å². The number of fused-ring (bicyclic) bond motifs is 1. The molecule has 1 saturated heterocycles. The largest absolute Gasteiger partial charge is 0.342 e. The molecular formula is C13H17N3O2S. The normalized spacial score (nSPS) is 17.8. The number of aryl methyl sites for hydroxylation is 1. The number of H-pyrrole nitrogens is 1. The van der Waals surface area contributed by atoms with E-state index in [9.17, 15) is 9.59 Å². The molecule has 2 aliphatic rings. The number of nitrogens with one attached hydrogen (secondary N) is 1. The molecule has 0 unspecified atom stereocenters. The molecule has 1 aromatic heterocycles. The predicted octanol–water partition coefficient (Wildman–Crippen LogP) is 0.973. The number of hydrogen-bond donors (Lipinski definition) is 1. The van der Waals surface area contributed by atoms with Crippen LogP contribution in [0.15, 0.2) is 9.95 Å². The van der Waals surface area contributed by atoms with Crippen LogP contribution in [0.2, 0.25) is 0 Å². The monoisotopic (exact) mass is 279 g/mol. The Bertz CT molecular complexity index is 549. The number of aromatic amines is 1. The Morgan fingerprint density at radius 3 is 2.84 bits per heavy atom. The number of carbonyl (C=O) groups excluding carboxylic acids is 1. The summed E-state index contributed by atoms with van der Waals surface area (Å²) in [5.41, 5.74) is 1.72. The molecule has 0 saturated carbocycles. The average Bonchev–Trinajstić information content (AvgIpc) is 3.06. The molecule has 19 heavy (non-hydrogen) atoms. The van der Waals surface area contributed by atoms with Gasteiger partial charge in [0.2, 0.25) is 5.91 Å². The number of rotatable bonds is 3. The topological polar surface area (TPSA) is 66.1 Å². The molecule has 1 N–H and O–H groups in total. The summed E-state index contributed by atoms with van der Waals surface area (Å²) in [6, 6.07) is 0. The first-order valence-electron chi connectivity index (χ1n) is 6.76. The second kappa shape index (κ2) is 5.36. The average molecular weight is 279 g/mol. The van der Waals surface area contributed by atoms with Gasteiger partial charge in [-0.2, -0.15) is 0 Å². The zero-order valence-electron chi connectivity index (χ0n) is 10.8. The van der Waals surface area contributed by atoms with Gasteiger partial charge < -0.3 is 9.88 Å². The van der Waals surface area contributed by atoms with Crippen molar-refractivity contribution in [2.75, 3.05) is 18.8 Å². The summed E-state index contributed by atoms with van der Waals surface area (Å²) >= 11 is 1.34. The van der Waals surface area contributed by atoms with Gasteiger partial charge in [-0.15, -0.1) is 0 Å². The second-order valence-corrected chi connectivity index (χ2v) is 5.99. The van der Waals surface area contributed by atoms with Crippen molar-refractivity contribution in [1.82, 2.24) is 14.9 Å². The maximum atomic E-state index is 11.9. The third-order valence-corrected chi connectivity index (χ3v) is 4.57. The highest BCUT2D eigenvalue weighted by Gasteiger charge is 2.20. The van der Waals surface area contributed by atoms with Crippen molar-refractivity contribution >= 4 is 17.7 Å². The summed E-state index contributed by atoms with van der Waals surface area (Å²) < 4.78 is 0. The van der Waals surface area contributed by atoms with Gasteiger partial charge in [-0.25, -0.2) is 4.98 Å². The number of hydrogen-bond acceptors (Lipinski definition) is 4. The highest BCUT2D eigenvalue weighted by Crippen LogP contribution is 2.20. The van der Waals surface area contributed by atoms with E-state index in [1.54, 1.807) is 0 Å². The number of thioether (sulfide) groups is 1. The number of likely N-dealkylation sites (tertiary alicyclic amines) is 1. The minimum absolute atomic E-state index is 0.0291. The van der Waals surface area contributed by atoms with Crippen molar-refractivity contribution in [2.45, 2.75) is 37.3 Å². The van der Waals surface area contributed by atoms with E-state index < -0.39 is 0 Å². The Balaban J connectivity index is 1.65. The molecule has 5 nitrogen and oxygen atoms in total. The molecule has 1 aliphatic carbocycles. The second-order valence-electron chi connectivity index (χ2n) is 5.03. The predicted molar refractivity (Wildman–Crippen MR) is 73.4 cm³/mol. The van der Waals surface area contributed by atoms with Crippen LogP contribution in [-0.2, 0) is 17.6 Å². The Morgan fingerprint density at radius 1 is 1.26 bits per heavy atom. The molecule has 0 bridgehead atoms. The summed E-state index contributed by atoms with van der Waals surface area (Å²) in [5, 5.41) is 0.582. The van der Waals surface area contributed by atoms with Crippen LogP contribution in [0.3, 0.4) is 0 Å².